The molecule has 3 aromatic rings. The van der Waals surface area contributed by atoms with E-state index in [1.165, 1.54) is 11.1 Å². The van der Waals surface area contributed by atoms with Gasteiger partial charge in [0.2, 0.25) is 0 Å². The summed E-state index contributed by atoms with van der Waals surface area (Å²) in [6.07, 6.45) is 2.22. The number of hydrogen-bond donors (Lipinski definition) is 1. The highest BCUT2D eigenvalue weighted by atomic mass is 16.5. The zero-order valence-electron chi connectivity index (χ0n) is 15.2. The number of anilines is 1. The molecule has 26 heavy (non-hydrogen) atoms. The normalized spacial score (nSPS) is 13.8. The average Bonchev–Trinajstić information content (AvgIpc) is 3.30. The van der Waals surface area contributed by atoms with Gasteiger partial charge in [-0.05, 0) is 44.7 Å². The molecule has 0 radical (unpaired) electrons. The molecule has 1 saturated carbocycles. The van der Waals surface area contributed by atoms with Crippen LogP contribution in [0.2, 0.25) is 0 Å². The van der Waals surface area contributed by atoms with Crippen LogP contribution in [0.5, 0.6) is 0 Å². The molecule has 1 amide bonds. The highest BCUT2D eigenvalue weighted by Crippen LogP contribution is 2.40. The highest BCUT2D eigenvalue weighted by Gasteiger charge is 2.29. The molecular weight excluding hydrogens is 328 g/mol. The Morgan fingerprint density at radius 3 is 2.77 bits per heavy atom. The van der Waals surface area contributed by atoms with Crippen LogP contribution < -0.4 is 5.32 Å². The third-order valence-corrected chi connectivity index (χ3v) is 4.94. The summed E-state index contributed by atoms with van der Waals surface area (Å²) in [5.41, 5.74) is 5.19. The van der Waals surface area contributed by atoms with E-state index in [9.17, 15) is 4.79 Å². The van der Waals surface area contributed by atoms with Gasteiger partial charge in [-0.2, -0.15) is 5.10 Å². The van der Waals surface area contributed by atoms with E-state index in [0.717, 1.165) is 35.7 Å². The number of carbonyl (C=O) groups is 1. The predicted molar refractivity (Wildman–Crippen MR) is 98.4 cm³/mol. The number of carbonyl (C=O) groups excluding carboxylic acids is 1. The van der Waals surface area contributed by atoms with E-state index in [-0.39, 0.29) is 5.91 Å². The van der Waals surface area contributed by atoms with Crippen LogP contribution in [0.4, 0.5) is 5.69 Å². The summed E-state index contributed by atoms with van der Waals surface area (Å²) < 4.78 is 7.20. The number of benzene rings is 1. The van der Waals surface area contributed by atoms with Gasteiger partial charge in [0.15, 0.2) is 5.69 Å². The Kier molecular flexibility index (Phi) is 4.11. The molecule has 0 spiro atoms. The van der Waals surface area contributed by atoms with Crippen LogP contribution in [0.3, 0.4) is 0 Å². The van der Waals surface area contributed by atoms with E-state index >= 15 is 0 Å². The second-order valence-electron chi connectivity index (χ2n) is 6.97. The Morgan fingerprint density at radius 2 is 2.04 bits per heavy atom. The van der Waals surface area contributed by atoms with E-state index in [0.29, 0.717) is 18.2 Å². The third kappa shape index (κ3) is 3.14. The maximum Gasteiger partial charge on any atom is 0.277 e. The lowest BCUT2D eigenvalue weighted by Gasteiger charge is -2.08. The van der Waals surface area contributed by atoms with Gasteiger partial charge < -0.3 is 9.84 Å². The first kappa shape index (κ1) is 16.6. The van der Waals surface area contributed by atoms with Crippen molar-refractivity contribution in [3.05, 3.63) is 64.3 Å². The van der Waals surface area contributed by atoms with Crippen LogP contribution >= 0.6 is 0 Å². The molecular formula is C20H22N4O2. The first-order chi connectivity index (χ1) is 12.5. The van der Waals surface area contributed by atoms with Gasteiger partial charge in [0.1, 0.15) is 5.76 Å². The number of nitrogens with zero attached hydrogens (tertiary/aromatic N) is 3. The lowest BCUT2D eigenvalue weighted by Crippen LogP contribution is -2.13. The summed E-state index contributed by atoms with van der Waals surface area (Å²) in [6.45, 7) is 6.62. The molecule has 0 aliphatic heterocycles. The fraction of sp³-hybridized carbons (Fsp3) is 0.350. The van der Waals surface area contributed by atoms with Crippen molar-refractivity contribution in [3.63, 3.8) is 0 Å². The van der Waals surface area contributed by atoms with Crippen molar-refractivity contribution < 1.29 is 9.32 Å². The van der Waals surface area contributed by atoms with Crippen LogP contribution in [0, 0.1) is 20.8 Å². The Morgan fingerprint density at radius 1 is 1.27 bits per heavy atom. The van der Waals surface area contributed by atoms with Gasteiger partial charge in [-0.15, -0.1) is 0 Å². The van der Waals surface area contributed by atoms with Crippen molar-refractivity contribution in [2.75, 3.05) is 5.32 Å². The van der Waals surface area contributed by atoms with E-state index in [4.69, 9.17) is 4.52 Å². The standard InChI is InChI=1S/C20H22N4O2/c1-12-6-4-5-7-16(12)11-24-14(3)19(13(2)22-24)21-20(25)17-10-18(26-23-17)15-8-9-15/h4-7,10,15H,8-9,11H2,1-3H3,(H,21,25). The Balaban J connectivity index is 1.54. The van der Waals surface area contributed by atoms with Crippen molar-refractivity contribution in [2.45, 2.75) is 46.1 Å². The number of aromatic nitrogens is 3. The van der Waals surface area contributed by atoms with Crippen LogP contribution in [-0.4, -0.2) is 20.8 Å². The number of rotatable bonds is 5. The summed E-state index contributed by atoms with van der Waals surface area (Å²) in [7, 11) is 0. The van der Waals surface area contributed by atoms with Crippen molar-refractivity contribution in [3.8, 4) is 0 Å². The molecule has 4 rings (SSSR count). The molecule has 1 fully saturated rings. The highest BCUT2D eigenvalue weighted by molar-refractivity contribution is 6.03. The Hall–Kier alpha value is -2.89. The van der Waals surface area contributed by atoms with Crippen molar-refractivity contribution in [1.82, 2.24) is 14.9 Å². The van der Waals surface area contributed by atoms with Crippen molar-refractivity contribution in [1.29, 1.82) is 0 Å². The molecule has 134 valence electrons. The summed E-state index contributed by atoms with van der Waals surface area (Å²) in [6, 6.07) is 9.98. The minimum atomic E-state index is -0.262. The maximum absolute atomic E-state index is 12.5. The number of aryl methyl sites for hydroxylation is 2. The lowest BCUT2D eigenvalue weighted by molar-refractivity contribution is 0.101. The van der Waals surface area contributed by atoms with Gasteiger partial charge in [0.25, 0.3) is 5.91 Å². The molecule has 0 unspecified atom stereocenters. The SMILES string of the molecule is Cc1ccccc1Cn1nc(C)c(NC(=O)c2cc(C3CC3)on2)c1C. The van der Waals surface area contributed by atoms with Gasteiger partial charge in [-0.3, -0.25) is 9.48 Å². The molecule has 2 heterocycles. The largest absolute Gasteiger partial charge is 0.360 e. The van der Waals surface area contributed by atoms with E-state index < -0.39 is 0 Å². The molecule has 0 atom stereocenters. The minimum absolute atomic E-state index is 0.262. The molecule has 2 aromatic heterocycles. The summed E-state index contributed by atoms with van der Waals surface area (Å²) in [5.74, 6) is 0.977. The van der Waals surface area contributed by atoms with Crippen LogP contribution in [0.25, 0.3) is 0 Å². The fourth-order valence-corrected chi connectivity index (χ4v) is 3.11. The summed E-state index contributed by atoms with van der Waals surface area (Å²) in [4.78, 5) is 12.5. The van der Waals surface area contributed by atoms with Gasteiger partial charge >= 0.3 is 0 Å². The predicted octanol–water partition coefficient (Wildman–Crippen LogP) is 3.97. The Labute approximate surface area is 152 Å². The number of nitrogens with one attached hydrogen (secondary N) is 1. The molecule has 6 nitrogen and oxygen atoms in total. The van der Waals surface area contributed by atoms with Crippen LogP contribution in [-0.2, 0) is 6.54 Å². The van der Waals surface area contributed by atoms with E-state index in [1.807, 2.05) is 30.7 Å². The van der Waals surface area contributed by atoms with Gasteiger partial charge in [-0.25, -0.2) is 0 Å². The third-order valence-electron chi connectivity index (χ3n) is 4.94. The minimum Gasteiger partial charge on any atom is -0.360 e. The summed E-state index contributed by atoms with van der Waals surface area (Å²) >= 11 is 0. The second-order valence-corrected chi connectivity index (χ2v) is 6.97. The van der Waals surface area contributed by atoms with Gasteiger partial charge in [0, 0.05) is 12.0 Å². The maximum atomic E-state index is 12.5. The fourth-order valence-electron chi connectivity index (χ4n) is 3.11. The molecule has 0 bridgehead atoms. The zero-order chi connectivity index (χ0) is 18.3. The topological polar surface area (TPSA) is 73.0 Å². The first-order valence-corrected chi connectivity index (χ1v) is 8.89. The lowest BCUT2D eigenvalue weighted by atomic mass is 10.1. The van der Waals surface area contributed by atoms with E-state index in [2.05, 4.69) is 34.6 Å². The zero-order valence-corrected chi connectivity index (χ0v) is 15.2. The van der Waals surface area contributed by atoms with Crippen LogP contribution in [0.15, 0.2) is 34.9 Å². The monoisotopic (exact) mass is 350 g/mol. The molecule has 6 heteroatoms. The number of hydrogen-bond acceptors (Lipinski definition) is 4. The molecule has 1 aliphatic carbocycles. The van der Waals surface area contributed by atoms with Crippen LogP contribution in [0.1, 0.15) is 57.5 Å². The molecule has 1 aliphatic rings. The van der Waals surface area contributed by atoms with E-state index in [1.54, 1.807) is 6.07 Å². The summed E-state index contributed by atoms with van der Waals surface area (Å²) in [5, 5.41) is 11.4. The van der Waals surface area contributed by atoms with Crippen molar-refractivity contribution in [2.24, 2.45) is 0 Å². The van der Waals surface area contributed by atoms with Gasteiger partial charge in [0.05, 0.1) is 23.6 Å². The number of amides is 1. The average molecular weight is 350 g/mol. The molecule has 1 aromatic carbocycles. The molecule has 1 N–H and O–H groups in total. The quantitative estimate of drug-likeness (QED) is 0.755. The van der Waals surface area contributed by atoms with Gasteiger partial charge in [-0.1, -0.05) is 29.4 Å². The van der Waals surface area contributed by atoms with Crippen molar-refractivity contribution >= 4 is 11.6 Å². The second kappa shape index (κ2) is 6.44. The smallest absolute Gasteiger partial charge is 0.277 e. The Bertz CT molecular complexity index is 966. The first-order valence-electron chi connectivity index (χ1n) is 8.89. The molecule has 0 saturated heterocycles.